The Kier molecular flexibility index (Phi) is 4.26. The highest BCUT2D eigenvalue weighted by molar-refractivity contribution is 5.99. The molecular weight excluding hydrogens is 290 g/mol. The highest BCUT2D eigenvalue weighted by atomic mass is 16.6. The molecule has 114 valence electrons. The van der Waals surface area contributed by atoms with Crippen molar-refractivity contribution in [3.63, 3.8) is 0 Å². The summed E-state index contributed by atoms with van der Waals surface area (Å²) in [5, 5.41) is 29.7. The average Bonchev–Trinajstić information content (AvgIpc) is 2.50. The second kappa shape index (κ2) is 6.13. The predicted molar refractivity (Wildman–Crippen MR) is 77.5 cm³/mol. The van der Waals surface area contributed by atoms with Crippen molar-refractivity contribution in [2.24, 2.45) is 0 Å². The maximum absolute atomic E-state index is 12.2. The van der Waals surface area contributed by atoms with Gasteiger partial charge in [-0.05, 0) is 23.8 Å². The number of ketones is 1. The number of Topliss-reactive ketones (excluding diaryl/α,β-unsaturated/α-hetero) is 1. The van der Waals surface area contributed by atoms with Gasteiger partial charge in [0.05, 0.1) is 12.0 Å². The van der Waals surface area contributed by atoms with E-state index in [-0.39, 0.29) is 12.0 Å². The first kappa shape index (κ1) is 15.3. The van der Waals surface area contributed by atoms with Gasteiger partial charge >= 0.3 is 5.69 Å². The molecule has 0 aliphatic heterocycles. The number of phenolic OH excluding ortho intramolecular Hbond substituents is 2. The molecule has 0 aliphatic rings. The molecular formula is C15H13NO6. The third kappa shape index (κ3) is 3.14. The van der Waals surface area contributed by atoms with Crippen LogP contribution in [0.4, 0.5) is 5.69 Å². The summed E-state index contributed by atoms with van der Waals surface area (Å²) in [6, 6.07) is 8.74. The van der Waals surface area contributed by atoms with Crippen molar-refractivity contribution in [1.29, 1.82) is 0 Å². The Hall–Kier alpha value is -3.09. The van der Waals surface area contributed by atoms with Crippen molar-refractivity contribution < 1.29 is 24.7 Å². The summed E-state index contributed by atoms with van der Waals surface area (Å²) < 4.78 is 5.01. The maximum Gasteiger partial charge on any atom is 0.315 e. The van der Waals surface area contributed by atoms with Crippen LogP contribution in [0, 0.1) is 10.1 Å². The second-order valence-electron chi connectivity index (χ2n) is 4.57. The van der Waals surface area contributed by atoms with Crippen molar-refractivity contribution in [1.82, 2.24) is 0 Å². The van der Waals surface area contributed by atoms with Gasteiger partial charge < -0.3 is 14.9 Å². The normalized spacial score (nSPS) is 10.2. The Balaban J connectivity index is 2.27. The second-order valence-corrected chi connectivity index (χ2v) is 4.57. The van der Waals surface area contributed by atoms with E-state index in [1.54, 1.807) is 24.3 Å². The lowest BCUT2D eigenvalue weighted by molar-refractivity contribution is -0.386. The minimum absolute atomic E-state index is 0.00532. The molecule has 2 N–H and O–H groups in total. The molecule has 0 fully saturated rings. The molecule has 0 radical (unpaired) electrons. The van der Waals surface area contributed by atoms with Crippen molar-refractivity contribution in [2.75, 3.05) is 7.11 Å². The van der Waals surface area contributed by atoms with Crippen LogP contribution in [0.2, 0.25) is 0 Å². The number of rotatable bonds is 5. The third-order valence-corrected chi connectivity index (χ3v) is 3.11. The number of carbonyl (C=O) groups excluding carboxylic acids is 1. The molecule has 0 saturated carbocycles. The third-order valence-electron chi connectivity index (χ3n) is 3.11. The van der Waals surface area contributed by atoms with Gasteiger partial charge in [0.1, 0.15) is 5.75 Å². The summed E-state index contributed by atoms with van der Waals surface area (Å²) in [6.07, 6.45) is 0.00532. The first-order valence-electron chi connectivity index (χ1n) is 6.29. The fraction of sp³-hybridized carbons (Fsp3) is 0.133. The van der Waals surface area contributed by atoms with Crippen LogP contribution in [0.25, 0.3) is 0 Å². The van der Waals surface area contributed by atoms with Gasteiger partial charge in [0.25, 0.3) is 0 Å². The standard InChI is InChI=1S/C15H13NO6/c1-22-11-4-2-9(3-5-11)6-13(17)10-7-12(16(20)21)15(19)14(18)8-10/h2-5,7-8,18-19H,6H2,1H3. The molecule has 22 heavy (non-hydrogen) atoms. The maximum atomic E-state index is 12.2. The molecule has 0 spiro atoms. The lowest BCUT2D eigenvalue weighted by Crippen LogP contribution is -2.04. The van der Waals surface area contributed by atoms with Gasteiger partial charge in [0.15, 0.2) is 11.5 Å². The fourth-order valence-corrected chi connectivity index (χ4v) is 1.94. The number of nitro benzene ring substituents is 1. The molecule has 2 rings (SSSR count). The Morgan fingerprint density at radius 1 is 1.23 bits per heavy atom. The number of nitrogens with zero attached hydrogens (tertiary/aromatic N) is 1. The molecule has 2 aromatic carbocycles. The van der Waals surface area contributed by atoms with Crippen LogP contribution < -0.4 is 4.74 Å². The van der Waals surface area contributed by atoms with E-state index in [2.05, 4.69) is 0 Å². The number of benzene rings is 2. The molecule has 0 saturated heterocycles. The SMILES string of the molecule is COc1ccc(CC(=O)c2cc(O)c(O)c([N+](=O)[O-])c2)cc1. The molecule has 0 bridgehead atoms. The molecule has 0 aromatic heterocycles. The van der Waals surface area contributed by atoms with Crippen molar-refractivity contribution in [3.8, 4) is 17.2 Å². The molecule has 2 aromatic rings. The smallest absolute Gasteiger partial charge is 0.315 e. The van der Waals surface area contributed by atoms with Crippen LogP contribution in [0.3, 0.4) is 0 Å². The van der Waals surface area contributed by atoms with E-state index in [0.29, 0.717) is 11.3 Å². The van der Waals surface area contributed by atoms with Crippen LogP contribution in [-0.2, 0) is 6.42 Å². The quantitative estimate of drug-likeness (QED) is 0.380. The highest BCUT2D eigenvalue weighted by Gasteiger charge is 2.21. The predicted octanol–water partition coefficient (Wildman–Crippen LogP) is 2.44. The number of methoxy groups -OCH3 is 1. The van der Waals surface area contributed by atoms with E-state index in [4.69, 9.17) is 4.74 Å². The lowest BCUT2D eigenvalue weighted by atomic mass is 10.0. The van der Waals surface area contributed by atoms with Crippen molar-refractivity contribution in [3.05, 3.63) is 57.6 Å². The Bertz CT molecular complexity index is 724. The minimum atomic E-state index is -0.862. The number of carbonyl (C=O) groups is 1. The minimum Gasteiger partial charge on any atom is -0.504 e. The summed E-state index contributed by atoms with van der Waals surface area (Å²) in [7, 11) is 1.53. The first-order valence-corrected chi connectivity index (χ1v) is 6.29. The van der Waals surface area contributed by atoms with Gasteiger partial charge in [0, 0.05) is 18.1 Å². The van der Waals surface area contributed by atoms with Gasteiger partial charge in [-0.1, -0.05) is 12.1 Å². The van der Waals surface area contributed by atoms with E-state index in [1.165, 1.54) is 7.11 Å². The van der Waals surface area contributed by atoms with E-state index < -0.39 is 27.9 Å². The lowest BCUT2D eigenvalue weighted by Gasteiger charge is -2.05. The number of hydrogen-bond acceptors (Lipinski definition) is 6. The van der Waals surface area contributed by atoms with Gasteiger partial charge in [-0.15, -0.1) is 0 Å². The van der Waals surface area contributed by atoms with Crippen LogP contribution in [0.5, 0.6) is 17.2 Å². The Labute approximate surface area is 125 Å². The Morgan fingerprint density at radius 3 is 2.41 bits per heavy atom. The van der Waals surface area contributed by atoms with Crippen LogP contribution in [0.15, 0.2) is 36.4 Å². The molecule has 0 amide bonds. The number of aromatic hydroxyl groups is 2. The summed E-state index contributed by atoms with van der Waals surface area (Å²) in [4.78, 5) is 22.1. The molecule has 0 aliphatic carbocycles. The van der Waals surface area contributed by atoms with E-state index in [0.717, 1.165) is 12.1 Å². The summed E-state index contributed by atoms with van der Waals surface area (Å²) in [6.45, 7) is 0. The monoisotopic (exact) mass is 303 g/mol. The number of hydrogen-bond donors (Lipinski definition) is 2. The molecule has 0 atom stereocenters. The topological polar surface area (TPSA) is 110 Å². The number of phenols is 2. The zero-order valence-electron chi connectivity index (χ0n) is 11.6. The largest absolute Gasteiger partial charge is 0.504 e. The molecule has 0 heterocycles. The Morgan fingerprint density at radius 2 is 1.86 bits per heavy atom. The van der Waals surface area contributed by atoms with E-state index >= 15 is 0 Å². The fourth-order valence-electron chi connectivity index (χ4n) is 1.94. The molecule has 7 nitrogen and oxygen atoms in total. The van der Waals surface area contributed by atoms with E-state index in [9.17, 15) is 25.1 Å². The number of ether oxygens (including phenoxy) is 1. The first-order chi connectivity index (χ1) is 10.4. The zero-order valence-corrected chi connectivity index (χ0v) is 11.6. The van der Waals surface area contributed by atoms with Crippen LogP contribution >= 0.6 is 0 Å². The summed E-state index contributed by atoms with van der Waals surface area (Å²) in [5.74, 6) is -1.32. The van der Waals surface area contributed by atoms with Crippen molar-refractivity contribution >= 4 is 11.5 Å². The van der Waals surface area contributed by atoms with Crippen LogP contribution in [-0.4, -0.2) is 28.0 Å². The molecule has 0 unspecified atom stereocenters. The van der Waals surface area contributed by atoms with Gasteiger partial charge in [-0.25, -0.2) is 0 Å². The van der Waals surface area contributed by atoms with Gasteiger partial charge in [-0.3, -0.25) is 14.9 Å². The summed E-state index contributed by atoms with van der Waals surface area (Å²) in [5.41, 5.74) is -0.0584. The average molecular weight is 303 g/mol. The zero-order chi connectivity index (χ0) is 16.3. The summed E-state index contributed by atoms with van der Waals surface area (Å²) >= 11 is 0. The van der Waals surface area contributed by atoms with Gasteiger partial charge in [-0.2, -0.15) is 0 Å². The highest BCUT2D eigenvalue weighted by Crippen LogP contribution is 2.36. The molecule has 7 heteroatoms. The van der Waals surface area contributed by atoms with Gasteiger partial charge in [0.2, 0.25) is 5.75 Å². The van der Waals surface area contributed by atoms with Crippen molar-refractivity contribution in [2.45, 2.75) is 6.42 Å². The number of nitro groups is 1. The van der Waals surface area contributed by atoms with Crippen LogP contribution in [0.1, 0.15) is 15.9 Å². The van der Waals surface area contributed by atoms with E-state index in [1.807, 2.05) is 0 Å².